The Hall–Kier alpha value is -3.48. The molecule has 0 atom stereocenters. The highest BCUT2D eigenvalue weighted by molar-refractivity contribution is 6.21. The molecule has 2 aromatic rings. The van der Waals surface area contributed by atoms with E-state index in [9.17, 15) is 19.2 Å². The van der Waals surface area contributed by atoms with Crippen molar-refractivity contribution in [2.75, 3.05) is 19.6 Å². The van der Waals surface area contributed by atoms with Gasteiger partial charge in [0.05, 0.1) is 11.1 Å². The van der Waals surface area contributed by atoms with Gasteiger partial charge in [-0.1, -0.05) is 30.3 Å². The van der Waals surface area contributed by atoms with Gasteiger partial charge in [0.1, 0.15) is 0 Å². The molecule has 1 N–H and O–H groups in total. The highest BCUT2D eigenvalue weighted by Crippen LogP contribution is 2.22. The summed E-state index contributed by atoms with van der Waals surface area (Å²) in [5.74, 6) is -0.891. The molecule has 2 heterocycles. The van der Waals surface area contributed by atoms with Crippen molar-refractivity contribution in [3.63, 3.8) is 0 Å². The second-order valence-electron chi connectivity index (χ2n) is 7.56. The molecule has 0 unspecified atom stereocenters. The van der Waals surface area contributed by atoms with E-state index in [-0.39, 0.29) is 42.6 Å². The fourth-order valence-electron chi connectivity index (χ4n) is 3.95. The molecule has 0 bridgehead atoms. The van der Waals surface area contributed by atoms with Crippen molar-refractivity contribution in [2.24, 2.45) is 0 Å². The van der Waals surface area contributed by atoms with Gasteiger partial charge in [0, 0.05) is 37.7 Å². The second kappa shape index (κ2) is 8.49. The van der Waals surface area contributed by atoms with Crippen molar-refractivity contribution in [3.8, 4) is 0 Å². The molecule has 1 saturated heterocycles. The monoisotopic (exact) mass is 405 g/mol. The Balaban J connectivity index is 1.24. The molecule has 0 radical (unpaired) electrons. The average molecular weight is 405 g/mol. The molecule has 1 fully saturated rings. The SMILES string of the molecule is O=C(CCN1C(=O)c2ccccc2C1=O)NC1CCN(C(=O)c2ccccc2)CC1. The number of benzene rings is 2. The number of rotatable bonds is 5. The van der Waals surface area contributed by atoms with Gasteiger partial charge in [-0.2, -0.15) is 0 Å². The fraction of sp³-hybridized carbons (Fsp3) is 0.304. The minimum Gasteiger partial charge on any atom is -0.353 e. The number of nitrogens with zero attached hydrogens (tertiary/aromatic N) is 2. The van der Waals surface area contributed by atoms with Gasteiger partial charge in [-0.05, 0) is 37.1 Å². The minimum absolute atomic E-state index is 0.00556. The highest BCUT2D eigenvalue weighted by atomic mass is 16.2. The Bertz CT molecular complexity index is 946. The first kappa shape index (κ1) is 19.8. The largest absolute Gasteiger partial charge is 0.353 e. The lowest BCUT2D eigenvalue weighted by Gasteiger charge is -2.32. The number of hydrogen-bond acceptors (Lipinski definition) is 4. The molecular weight excluding hydrogens is 382 g/mol. The number of imide groups is 1. The van der Waals surface area contributed by atoms with Crippen molar-refractivity contribution < 1.29 is 19.2 Å². The predicted octanol–water partition coefficient (Wildman–Crippen LogP) is 2.09. The molecule has 4 rings (SSSR count). The Morgan fingerprint density at radius 1 is 0.867 bits per heavy atom. The first-order chi connectivity index (χ1) is 14.5. The summed E-state index contributed by atoms with van der Waals surface area (Å²) >= 11 is 0. The molecule has 0 saturated carbocycles. The summed E-state index contributed by atoms with van der Waals surface area (Å²) in [5, 5.41) is 2.97. The van der Waals surface area contributed by atoms with Crippen LogP contribution in [0.25, 0.3) is 0 Å². The molecule has 4 amide bonds. The Morgan fingerprint density at radius 3 is 2.03 bits per heavy atom. The van der Waals surface area contributed by atoms with Crippen LogP contribution in [0.15, 0.2) is 54.6 Å². The van der Waals surface area contributed by atoms with Gasteiger partial charge in [0.25, 0.3) is 17.7 Å². The van der Waals surface area contributed by atoms with Crippen LogP contribution < -0.4 is 5.32 Å². The zero-order valence-electron chi connectivity index (χ0n) is 16.5. The van der Waals surface area contributed by atoms with Gasteiger partial charge in [-0.15, -0.1) is 0 Å². The van der Waals surface area contributed by atoms with E-state index in [4.69, 9.17) is 0 Å². The summed E-state index contributed by atoms with van der Waals surface area (Å²) in [6.45, 7) is 1.22. The zero-order chi connectivity index (χ0) is 21.1. The molecule has 7 heteroatoms. The van der Waals surface area contributed by atoms with Gasteiger partial charge in [-0.25, -0.2) is 0 Å². The van der Waals surface area contributed by atoms with E-state index in [0.717, 1.165) is 4.90 Å². The van der Waals surface area contributed by atoms with Crippen LogP contribution >= 0.6 is 0 Å². The summed E-state index contributed by atoms with van der Waals surface area (Å²) in [4.78, 5) is 52.5. The third-order valence-corrected chi connectivity index (χ3v) is 5.61. The summed E-state index contributed by atoms with van der Waals surface area (Å²) in [6.07, 6.45) is 1.42. The number of hydrogen-bond donors (Lipinski definition) is 1. The normalized spacial score (nSPS) is 16.5. The van der Waals surface area contributed by atoms with Crippen LogP contribution in [0.5, 0.6) is 0 Å². The molecule has 0 spiro atoms. The van der Waals surface area contributed by atoms with E-state index >= 15 is 0 Å². The van der Waals surface area contributed by atoms with Crippen molar-refractivity contribution in [3.05, 3.63) is 71.3 Å². The number of carbonyl (C=O) groups excluding carboxylic acids is 4. The quantitative estimate of drug-likeness (QED) is 0.772. The molecule has 0 aliphatic carbocycles. The Morgan fingerprint density at radius 2 is 1.43 bits per heavy atom. The minimum atomic E-state index is -0.351. The number of amides is 4. The summed E-state index contributed by atoms with van der Waals surface area (Å²) in [6, 6.07) is 15.8. The zero-order valence-corrected chi connectivity index (χ0v) is 16.5. The van der Waals surface area contributed by atoms with Crippen molar-refractivity contribution in [1.82, 2.24) is 15.1 Å². The van der Waals surface area contributed by atoms with Crippen molar-refractivity contribution >= 4 is 23.6 Å². The molecule has 2 aromatic carbocycles. The van der Waals surface area contributed by atoms with Gasteiger partial charge >= 0.3 is 0 Å². The van der Waals surface area contributed by atoms with Crippen LogP contribution in [-0.2, 0) is 4.79 Å². The number of nitrogens with one attached hydrogen (secondary N) is 1. The van der Waals surface area contributed by atoms with Crippen LogP contribution in [0, 0.1) is 0 Å². The van der Waals surface area contributed by atoms with Crippen LogP contribution in [0.1, 0.15) is 50.3 Å². The van der Waals surface area contributed by atoms with Crippen LogP contribution in [0.2, 0.25) is 0 Å². The van der Waals surface area contributed by atoms with E-state index < -0.39 is 0 Å². The lowest BCUT2D eigenvalue weighted by Crippen LogP contribution is -2.47. The van der Waals surface area contributed by atoms with Crippen LogP contribution in [-0.4, -0.2) is 59.1 Å². The molecule has 2 aliphatic rings. The molecule has 154 valence electrons. The second-order valence-corrected chi connectivity index (χ2v) is 7.56. The van der Waals surface area contributed by atoms with E-state index in [2.05, 4.69) is 5.32 Å². The lowest BCUT2D eigenvalue weighted by molar-refractivity contribution is -0.122. The highest BCUT2D eigenvalue weighted by Gasteiger charge is 2.35. The average Bonchev–Trinajstić information content (AvgIpc) is 3.03. The van der Waals surface area contributed by atoms with Gasteiger partial charge in [0.15, 0.2) is 0 Å². The summed E-state index contributed by atoms with van der Waals surface area (Å²) in [7, 11) is 0. The standard InChI is InChI=1S/C23H23N3O4/c27-20(12-15-26-22(29)18-8-4-5-9-19(18)23(26)30)24-17-10-13-25(14-11-17)21(28)16-6-2-1-3-7-16/h1-9,17H,10-15H2,(H,24,27). The topological polar surface area (TPSA) is 86.8 Å². The molecule has 2 aliphatic heterocycles. The lowest BCUT2D eigenvalue weighted by atomic mass is 10.0. The molecular formula is C23H23N3O4. The number of carbonyl (C=O) groups is 4. The maximum absolute atomic E-state index is 12.5. The smallest absolute Gasteiger partial charge is 0.261 e. The maximum Gasteiger partial charge on any atom is 0.261 e. The van der Waals surface area contributed by atoms with Crippen LogP contribution in [0.3, 0.4) is 0 Å². The van der Waals surface area contributed by atoms with Gasteiger partial charge < -0.3 is 10.2 Å². The van der Waals surface area contributed by atoms with Crippen molar-refractivity contribution in [1.29, 1.82) is 0 Å². The molecule has 0 aromatic heterocycles. The van der Waals surface area contributed by atoms with E-state index in [1.165, 1.54) is 0 Å². The summed E-state index contributed by atoms with van der Waals surface area (Å²) < 4.78 is 0. The van der Waals surface area contributed by atoms with Gasteiger partial charge in [-0.3, -0.25) is 24.1 Å². The van der Waals surface area contributed by atoms with E-state index in [0.29, 0.717) is 42.6 Å². The molecule has 7 nitrogen and oxygen atoms in total. The first-order valence-electron chi connectivity index (χ1n) is 10.1. The van der Waals surface area contributed by atoms with Crippen molar-refractivity contribution in [2.45, 2.75) is 25.3 Å². The maximum atomic E-state index is 12.5. The predicted molar refractivity (Wildman–Crippen MR) is 110 cm³/mol. The Labute approximate surface area is 174 Å². The van der Waals surface area contributed by atoms with Crippen LogP contribution in [0.4, 0.5) is 0 Å². The number of piperidine rings is 1. The number of fused-ring (bicyclic) bond motifs is 1. The molecule has 30 heavy (non-hydrogen) atoms. The Kier molecular flexibility index (Phi) is 5.61. The van der Waals surface area contributed by atoms with E-state index in [1.807, 2.05) is 18.2 Å². The number of likely N-dealkylation sites (tertiary alicyclic amines) is 1. The first-order valence-corrected chi connectivity index (χ1v) is 10.1. The third-order valence-electron chi connectivity index (χ3n) is 5.61. The third kappa shape index (κ3) is 3.96. The van der Waals surface area contributed by atoms with Gasteiger partial charge in [0.2, 0.25) is 5.91 Å². The fourth-order valence-corrected chi connectivity index (χ4v) is 3.95. The van der Waals surface area contributed by atoms with E-state index in [1.54, 1.807) is 41.3 Å². The summed E-state index contributed by atoms with van der Waals surface area (Å²) in [5.41, 5.74) is 1.44.